The fourth-order valence-corrected chi connectivity index (χ4v) is 3.33. The molecule has 0 aromatic carbocycles. The molecule has 0 aliphatic rings. The van der Waals surface area contributed by atoms with Gasteiger partial charge in [-0.1, -0.05) is 13.8 Å². The second-order valence-electron chi connectivity index (χ2n) is 7.55. The van der Waals surface area contributed by atoms with Gasteiger partial charge in [0.2, 0.25) is 5.95 Å². The van der Waals surface area contributed by atoms with Crippen LogP contribution in [0.3, 0.4) is 0 Å². The number of ether oxygens (including phenoxy) is 1. The second-order valence-corrected chi connectivity index (χ2v) is 7.55. The number of aryl methyl sites for hydroxylation is 4. The molecule has 0 bridgehead atoms. The molecular formula is C19H28N6O3. The number of rotatable bonds is 7. The number of imidazole rings is 1. The normalized spacial score (nSPS) is 11.8. The zero-order valence-electron chi connectivity index (χ0n) is 17.4. The Morgan fingerprint density at radius 3 is 2.43 bits per heavy atom. The predicted molar refractivity (Wildman–Crippen MR) is 107 cm³/mol. The maximum atomic E-state index is 13.2. The molecule has 3 aromatic rings. The van der Waals surface area contributed by atoms with Gasteiger partial charge in [0, 0.05) is 26.4 Å². The Morgan fingerprint density at radius 1 is 1.14 bits per heavy atom. The van der Waals surface area contributed by atoms with Gasteiger partial charge in [-0.15, -0.1) is 0 Å². The topological polar surface area (TPSA) is 88.9 Å². The summed E-state index contributed by atoms with van der Waals surface area (Å²) in [4.78, 5) is 30.6. The molecule has 0 unspecified atom stereocenters. The van der Waals surface area contributed by atoms with Crippen molar-refractivity contribution in [3.05, 3.63) is 38.3 Å². The molecule has 3 rings (SSSR count). The van der Waals surface area contributed by atoms with Crippen molar-refractivity contribution in [2.75, 3.05) is 13.7 Å². The number of fused-ring (bicyclic) bond motifs is 1. The lowest BCUT2D eigenvalue weighted by Gasteiger charge is -2.12. The lowest BCUT2D eigenvalue weighted by molar-refractivity contribution is 0.184. The van der Waals surface area contributed by atoms with Gasteiger partial charge in [0.1, 0.15) is 0 Å². The van der Waals surface area contributed by atoms with Crippen LogP contribution in [0.5, 0.6) is 0 Å². The highest BCUT2D eigenvalue weighted by Gasteiger charge is 2.22. The van der Waals surface area contributed by atoms with Gasteiger partial charge in [0.05, 0.1) is 18.8 Å². The van der Waals surface area contributed by atoms with Crippen LogP contribution < -0.4 is 11.2 Å². The minimum absolute atomic E-state index is 0.197. The number of methoxy groups -OCH3 is 1. The summed E-state index contributed by atoms with van der Waals surface area (Å²) >= 11 is 0. The van der Waals surface area contributed by atoms with Crippen LogP contribution in [0.2, 0.25) is 0 Å². The molecule has 0 radical (unpaired) electrons. The standard InChI is InChI=1S/C19H28N6O3/c1-12(2)7-8-23-15-16(20-18(23)25-14(4)11-13(3)21-25)22(5)19(27)24(17(15)26)9-10-28-6/h11-12H,7-10H2,1-6H3. The molecule has 0 spiro atoms. The Labute approximate surface area is 163 Å². The monoisotopic (exact) mass is 388 g/mol. The first kappa shape index (κ1) is 20.1. The van der Waals surface area contributed by atoms with Gasteiger partial charge in [-0.2, -0.15) is 10.1 Å². The van der Waals surface area contributed by atoms with Crippen LogP contribution in [0.1, 0.15) is 31.7 Å². The fourth-order valence-electron chi connectivity index (χ4n) is 3.33. The van der Waals surface area contributed by atoms with Crippen LogP contribution in [0, 0.1) is 19.8 Å². The van der Waals surface area contributed by atoms with E-state index < -0.39 is 5.69 Å². The average molecular weight is 388 g/mol. The van der Waals surface area contributed by atoms with E-state index in [1.54, 1.807) is 18.8 Å². The molecule has 28 heavy (non-hydrogen) atoms. The molecule has 0 aliphatic carbocycles. The predicted octanol–water partition coefficient (Wildman–Crippen LogP) is 1.39. The highest BCUT2D eigenvalue weighted by molar-refractivity contribution is 5.72. The molecule has 152 valence electrons. The summed E-state index contributed by atoms with van der Waals surface area (Å²) in [6.07, 6.45) is 0.873. The first-order valence-electron chi connectivity index (χ1n) is 9.48. The van der Waals surface area contributed by atoms with Crippen molar-refractivity contribution >= 4 is 11.2 Å². The summed E-state index contributed by atoms with van der Waals surface area (Å²) in [6.45, 7) is 9.22. The van der Waals surface area contributed by atoms with Gasteiger partial charge in [0.25, 0.3) is 5.56 Å². The van der Waals surface area contributed by atoms with Gasteiger partial charge in [-0.25, -0.2) is 9.48 Å². The molecule has 3 heterocycles. The summed E-state index contributed by atoms with van der Waals surface area (Å²) in [6, 6.07) is 1.96. The first-order chi connectivity index (χ1) is 13.3. The summed E-state index contributed by atoms with van der Waals surface area (Å²) in [5, 5.41) is 4.53. The van der Waals surface area contributed by atoms with Crippen LogP contribution in [-0.2, 0) is 24.9 Å². The number of nitrogens with zero attached hydrogens (tertiary/aromatic N) is 6. The smallest absolute Gasteiger partial charge is 0.332 e. The van der Waals surface area contributed by atoms with Crippen molar-refractivity contribution in [1.82, 2.24) is 28.5 Å². The number of hydrogen-bond acceptors (Lipinski definition) is 5. The van der Waals surface area contributed by atoms with Crippen molar-refractivity contribution in [3.8, 4) is 5.95 Å². The zero-order valence-corrected chi connectivity index (χ0v) is 17.4. The van der Waals surface area contributed by atoms with Gasteiger partial charge in [0.15, 0.2) is 11.2 Å². The maximum Gasteiger partial charge on any atom is 0.332 e. The lowest BCUT2D eigenvalue weighted by atomic mass is 10.1. The van der Waals surface area contributed by atoms with E-state index in [-0.39, 0.29) is 18.7 Å². The third-order valence-corrected chi connectivity index (χ3v) is 4.86. The summed E-state index contributed by atoms with van der Waals surface area (Å²) in [5.41, 5.74) is 1.83. The quantitative estimate of drug-likeness (QED) is 0.610. The van der Waals surface area contributed by atoms with E-state index in [0.29, 0.717) is 29.6 Å². The van der Waals surface area contributed by atoms with Gasteiger partial charge in [-0.3, -0.25) is 13.9 Å². The van der Waals surface area contributed by atoms with E-state index in [0.717, 1.165) is 17.8 Å². The summed E-state index contributed by atoms with van der Waals surface area (Å²) in [7, 11) is 3.18. The molecular weight excluding hydrogens is 360 g/mol. The van der Waals surface area contributed by atoms with Gasteiger partial charge >= 0.3 is 5.69 Å². The SMILES string of the molecule is COCCn1c(=O)c2c(nc(-n3nc(C)cc3C)n2CCC(C)C)n(C)c1=O. The Balaban J connectivity index is 2.35. The molecule has 0 atom stereocenters. The molecule has 9 nitrogen and oxygen atoms in total. The van der Waals surface area contributed by atoms with Crippen LogP contribution >= 0.6 is 0 Å². The van der Waals surface area contributed by atoms with Crippen LogP contribution in [0.4, 0.5) is 0 Å². The zero-order chi connectivity index (χ0) is 20.6. The fraction of sp³-hybridized carbons (Fsp3) is 0.579. The molecule has 0 amide bonds. The van der Waals surface area contributed by atoms with Crippen LogP contribution in [0.15, 0.2) is 15.7 Å². The third-order valence-electron chi connectivity index (χ3n) is 4.86. The van der Waals surface area contributed by atoms with Crippen molar-refractivity contribution in [3.63, 3.8) is 0 Å². The van der Waals surface area contributed by atoms with Gasteiger partial charge in [-0.05, 0) is 32.3 Å². The molecule has 0 saturated heterocycles. The third kappa shape index (κ3) is 3.42. The van der Waals surface area contributed by atoms with Crippen LogP contribution in [-0.4, -0.2) is 42.2 Å². The Kier molecular flexibility index (Phi) is 5.55. The molecule has 0 fully saturated rings. The Hall–Kier alpha value is -2.68. The van der Waals surface area contributed by atoms with E-state index >= 15 is 0 Å². The summed E-state index contributed by atoms with van der Waals surface area (Å²) < 4.78 is 11.3. The summed E-state index contributed by atoms with van der Waals surface area (Å²) in [5.74, 6) is 1.01. The highest BCUT2D eigenvalue weighted by atomic mass is 16.5. The highest BCUT2D eigenvalue weighted by Crippen LogP contribution is 2.19. The van der Waals surface area contributed by atoms with E-state index in [1.807, 2.05) is 24.5 Å². The minimum atomic E-state index is -0.400. The lowest BCUT2D eigenvalue weighted by Crippen LogP contribution is -2.40. The van der Waals surface area contributed by atoms with Crippen LogP contribution in [0.25, 0.3) is 17.1 Å². The van der Waals surface area contributed by atoms with Crippen molar-refractivity contribution in [1.29, 1.82) is 0 Å². The molecule has 0 N–H and O–H groups in total. The number of hydrogen-bond donors (Lipinski definition) is 0. The maximum absolute atomic E-state index is 13.2. The Morgan fingerprint density at radius 2 is 1.86 bits per heavy atom. The van der Waals surface area contributed by atoms with Gasteiger partial charge < -0.3 is 9.30 Å². The largest absolute Gasteiger partial charge is 0.383 e. The average Bonchev–Trinajstić information content (AvgIpc) is 3.17. The van der Waals surface area contributed by atoms with E-state index in [2.05, 4.69) is 23.9 Å². The molecule has 9 heteroatoms. The minimum Gasteiger partial charge on any atom is -0.383 e. The molecule has 3 aromatic heterocycles. The van der Waals surface area contributed by atoms with E-state index in [1.165, 1.54) is 9.13 Å². The van der Waals surface area contributed by atoms with E-state index in [4.69, 9.17) is 4.74 Å². The number of aromatic nitrogens is 6. The molecule has 0 aliphatic heterocycles. The van der Waals surface area contributed by atoms with Crippen molar-refractivity contribution in [2.45, 2.75) is 47.2 Å². The second kappa shape index (κ2) is 7.75. The molecule has 0 saturated carbocycles. The Bertz CT molecular complexity index is 1120. The van der Waals surface area contributed by atoms with Crippen molar-refractivity contribution < 1.29 is 4.74 Å². The van der Waals surface area contributed by atoms with Crippen molar-refractivity contribution in [2.24, 2.45) is 13.0 Å². The first-order valence-corrected chi connectivity index (χ1v) is 9.48. The van der Waals surface area contributed by atoms with E-state index in [9.17, 15) is 9.59 Å².